The van der Waals surface area contributed by atoms with E-state index in [4.69, 9.17) is 5.11 Å². The average molecular weight is 222 g/mol. The number of carbonyl (C=O) groups is 1. The van der Waals surface area contributed by atoms with Gasteiger partial charge in [0.15, 0.2) is 0 Å². The maximum Gasteiger partial charge on any atom is 0.500 e. The van der Waals surface area contributed by atoms with Crippen molar-refractivity contribution >= 4 is 12.2 Å². The first-order chi connectivity index (χ1) is 6.88. The molecule has 15 heavy (non-hydrogen) atoms. The van der Waals surface area contributed by atoms with Crippen molar-refractivity contribution in [3.05, 3.63) is 11.6 Å². The average Bonchev–Trinajstić information content (AvgIpc) is 2.15. The number of carboxylic acids is 1. The van der Waals surface area contributed by atoms with Crippen molar-refractivity contribution in [1.82, 2.24) is 5.01 Å². The minimum Gasteiger partial charge on any atom is -0.478 e. The zero-order valence-corrected chi connectivity index (χ0v) is 7.82. The Labute approximate surface area is 83.7 Å². The van der Waals surface area contributed by atoms with Gasteiger partial charge in [0.25, 0.3) is 0 Å². The summed E-state index contributed by atoms with van der Waals surface area (Å²) in [4.78, 5) is 10.7. The predicted molar refractivity (Wildman–Crippen MR) is 46.2 cm³/mol. The molecule has 0 aromatic heterocycles. The lowest BCUT2D eigenvalue weighted by atomic mass is 10.0. The molecule has 1 N–H and O–H groups in total. The molecule has 0 amide bonds. The summed E-state index contributed by atoms with van der Waals surface area (Å²) in [7, 11) is 0. The number of hydrogen-bond acceptors (Lipinski definition) is 3. The maximum absolute atomic E-state index is 12.4. The number of nitrogens with zero attached hydrogens (tertiary/aromatic N) is 2. The maximum atomic E-state index is 12.4. The van der Waals surface area contributed by atoms with Crippen molar-refractivity contribution in [3.8, 4) is 0 Å². The Kier molecular flexibility index (Phi) is 3.01. The van der Waals surface area contributed by atoms with Gasteiger partial charge in [0.05, 0.1) is 11.6 Å². The van der Waals surface area contributed by atoms with Crippen LogP contribution in [-0.2, 0) is 4.79 Å². The van der Waals surface area contributed by atoms with E-state index in [1.54, 1.807) is 0 Å². The zero-order valence-electron chi connectivity index (χ0n) is 7.82. The largest absolute Gasteiger partial charge is 0.500 e. The Morgan fingerprint density at radius 3 is 2.67 bits per heavy atom. The molecule has 0 aliphatic carbocycles. The van der Waals surface area contributed by atoms with Crippen LogP contribution in [0.2, 0.25) is 0 Å². The standard InChI is InChI=1S/C8H9F3N2O2/c1-2-6-5(7(14)15)3-4-12-13(6)8(9,10)11/h3-4,6H,2H2,1H3,(H,14,15). The summed E-state index contributed by atoms with van der Waals surface area (Å²) in [5.41, 5.74) is -0.301. The van der Waals surface area contributed by atoms with Crippen LogP contribution < -0.4 is 0 Å². The summed E-state index contributed by atoms with van der Waals surface area (Å²) >= 11 is 0. The fourth-order valence-electron chi connectivity index (χ4n) is 1.36. The van der Waals surface area contributed by atoms with Crippen molar-refractivity contribution in [3.63, 3.8) is 0 Å². The summed E-state index contributed by atoms with van der Waals surface area (Å²) < 4.78 is 37.2. The van der Waals surface area contributed by atoms with E-state index in [1.165, 1.54) is 6.92 Å². The molecule has 0 aromatic rings. The fourth-order valence-corrected chi connectivity index (χ4v) is 1.36. The van der Waals surface area contributed by atoms with E-state index in [2.05, 4.69) is 5.10 Å². The highest BCUT2D eigenvalue weighted by molar-refractivity contribution is 5.94. The quantitative estimate of drug-likeness (QED) is 0.722. The smallest absolute Gasteiger partial charge is 0.478 e. The molecule has 84 valence electrons. The van der Waals surface area contributed by atoms with E-state index < -0.39 is 18.3 Å². The van der Waals surface area contributed by atoms with E-state index in [1.807, 2.05) is 0 Å². The van der Waals surface area contributed by atoms with Crippen LogP contribution in [0.1, 0.15) is 13.3 Å². The van der Waals surface area contributed by atoms with E-state index in [-0.39, 0.29) is 17.0 Å². The van der Waals surface area contributed by atoms with Crippen LogP contribution in [0.15, 0.2) is 16.8 Å². The van der Waals surface area contributed by atoms with Gasteiger partial charge in [0.2, 0.25) is 0 Å². The number of hydrogen-bond donors (Lipinski definition) is 1. The van der Waals surface area contributed by atoms with Crippen LogP contribution in [0, 0.1) is 0 Å². The third-order valence-electron chi connectivity index (χ3n) is 1.99. The van der Waals surface area contributed by atoms with Gasteiger partial charge in [0.1, 0.15) is 0 Å². The third kappa shape index (κ3) is 2.28. The van der Waals surface area contributed by atoms with Crippen molar-refractivity contribution in [1.29, 1.82) is 0 Å². The van der Waals surface area contributed by atoms with Crippen LogP contribution >= 0.6 is 0 Å². The summed E-state index contributed by atoms with van der Waals surface area (Å²) in [6.07, 6.45) is -2.72. The molecule has 7 heteroatoms. The first kappa shape index (κ1) is 11.5. The van der Waals surface area contributed by atoms with E-state index in [9.17, 15) is 18.0 Å². The normalized spacial score (nSPS) is 21.5. The molecule has 1 heterocycles. The molecule has 0 radical (unpaired) electrons. The van der Waals surface area contributed by atoms with Crippen molar-refractivity contribution in [2.24, 2.45) is 5.10 Å². The lowest BCUT2D eigenvalue weighted by Gasteiger charge is -2.31. The van der Waals surface area contributed by atoms with Gasteiger partial charge in [-0.25, -0.2) is 4.79 Å². The number of halogens is 3. The molecule has 1 rings (SSSR count). The second-order valence-corrected chi connectivity index (χ2v) is 2.93. The minimum absolute atomic E-state index is 0.0228. The minimum atomic E-state index is -4.66. The van der Waals surface area contributed by atoms with E-state index in [0.29, 0.717) is 0 Å². The van der Waals surface area contributed by atoms with Gasteiger partial charge < -0.3 is 5.11 Å². The van der Waals surface area contributed by atoms with Crippen molar-refractivity contribution in [2.75, 3.05) is 0 Å². The number of carboxylic acid groups (broad SMARTS) is 1. The molecule has 0 bridgehead atoms. The summed E-state index contributed by atoms with van der Waals surface area (Å²) in [6.45, 7) is 1.47. The highest BCUT2D eigenvalue weighted by Gasteiger charge is 2.44. The Morgan fingerprint density at radius 2 is 2.27 bits per heavy atom. The molecule has 0 saturated heterocycles. The SMILES string of the molecule is CCC1C(C(=O)O)=CC=NN1C(F)(F)F. The summed E-state index contributed by atoms with van der Waals surface area (Å²) in [6, 6.07) is -1.26. The van der Waals surface area contributed by atoms with Gasteiger partial charge in [-0.3, -0.25) is 0 Å². The fraction of sp³-hybridized carbons (Fsp3) is 0.500. The van der Waals surface area contributed by atoms with Crippen LogP contribution in [-0.4, -0.2) is 34.6 Å². The van der Waals surface area contributed by atoms with Crippen LogP contribution in [0.5, 0.6) is 0 Å². The molecule has 0 spiro atoms. The Morgan fingerprint density at radius 1 is 1.67 bits per heavy atom. The number of aliphatic carboxylic acids is 1. The molecular weight excluding hydrogens is 213 g/mol. The van der Waals surface area contributed by atoms with Gasteiger partial charge >= 0.3 is 12.3 Å². The Hall–Kier alpha value is -1.53. The lowest BCUT2D eigenvalue weighted by molar-refractivity contribution is -0.255. The van der Waals surface area contributed by atoms with Crippen LogP contribution in [0.3, 0.4) is 0 Å². The van der Waals surface area contributed by atoms with Crippen molar-refractivity contribution in [2.45, 2.75) is 25.7 Å². The molecule has 0 aromatic carbocycles. The van der Waals surface area contributed by atoms with Gasteiger partial charge in [0, 0.05) is 6.21 Å². The Bertz CT molecular complexity index is 322. The number of rotatable bonds is 2. The molecule has 0 fully saturated rings. The second kappa shape index (κ2) is 3.92. The molecule has 1 atom stereocenters. The van der Waals surface area contributed by atoms with E-state index >= 15 is 0 Å². The zero-order chi connectivity index (χ0) is 11.6. The van der Waals surface area contributed by atoms with Gasteiger partial charge in [-0.1, -0.05) is 6.92 Å². The third-order valence-corrected chi connectivity index (χ3v) is 1.99. The molecule has 4 nitrogen and oxygen atoms in total. The lowest BCUT2D eigenvalue weighted by Crippen LogP contribution is -2.45. The van der Waals surface area contributed by atoms with E-state index in [0.717, 1.165) is 12.3 Å². The molecule has 0 saturated carbocycles. The van der Waals surface area contributed by atoms with Crippen molar-refractivity contribution < 1.29 is 23.1 Å². The number of alkyl halides is 3. The highest BCUT2D eigenvalue weighted by atomic mass is 19.4. The monoisotopic (exact) mass is 222 g/mol. The topological polar surface area (TPSA) is 52.9 Å². The van der Waals surface area contributed by atoms with Crippen LogP contribution in [0.25, 0.3) is 0 Å². The second-order valence-electron chi connectivity index (χ2n) is 2.93. The first-order valence-corrected chi connectivity index (χ1v) is 4.21. The summed E-state index contributed by atoms with van der Waals surface area (Å²) in [5, 5.41) is 11.7. The van der Waals surface area contributed by atoms with Gasteiger partial charge in [-0.15, -0.1) is 13.2 Å². The molecule has 1 aliphatic rings. The number of hydrazone groups is 1. The van der Waals surface area contributed by atoms with Gasteiger partial charge in [-0.2, -0.15) is 10.1 Å². The number of allylic oxidation sites excluding steroid dienone is 1. The predicted octanol–water partition coefficient (Wildman–Crippen LogP) is 1.60. The van der Waals surface area contributed by atoms with Crippen LogP contribution in [0.4, 0.5) is 13.2 Å². The molecular formula is C8H9F3N2O2. The first-order valence-electron chi connectivity index (χ1n) is 4.21. The summed E-state index contributed by atoms with van der Waals surface area (Å²) in [5.74, 6) is -1.36. The Balaban J connectivity index is 3.02. The highest BCUT2D eigenvalue weighted by Crippen LogP contribution is 2.30. The molecule has 1 aliphatic heterocycles. The molecule has 1 unspecified atom stereocenters. The van der Waals surface area contributed by atoms with Gasteiger partial charge in [-0.05, 0) is 12.5 Å².